The minimum absolute atomic E-state index is 0.538. The Balaban J connectivity index is 6.47. The fourth-order valence-corrected chi connectivity index (χ4v) is 3.15. The third kappa shape index (κ3) is 18.9. The highest BCUT2D eigenvalue weighted by molar-refractivity contribution is 5.82. The first kappa shape index (κ1) is 41.7. The fourth-order valence-electron chi connectivity index (χ4n) is 3.15. The van der Waals surface area contributed by atoms with Crippen molar-refractivity contribution >= 4 is 47.8 Å². The van der Waals surface area contributed by atoms with Crippen LogP contribution in [0.15, 0.2) is 50.6 Å². The average Bonchev–Trinajstić information content (AvgIpc) is 3.06. The number of carboxylic acid groups (broad SMARTS) is 2. The number of rotatable bonds is 26. The summed E-state index contributed by atoms with van der Waals surface area (Å²) in [4.78, 5) is 93.9. The van der Waals surface area contributed by atoms with Crippen LogP contribution in [0.1, 0.15) is 25.7 Å². The molecular weight excluding hydrogens is 632 g/mol. The van der Waals surface area contributed by atoms with Crippen molar-refractivity contribution in [1.82, 2.24) is 0 Å². The lowest BCUT2D eigenvalue weighted by atomic mass is 9.90. The molecule has 0 aliphatic rings. The molecule has 47 heavy (non-hydrogen) atoms. The number of aliphatic carboxylic acids is 2. The molecule has 0 spiro atoms. The molecule has 17 nitrogen and oxygen atoms in total. The first-order chi connectivity index (χ1) is 22.1. The van der Waals surface area contributed by atoms with Gasteiger partial charge in [0.2, 0.25) is 0 Å². The van der Waals surface area contributed by atoms with Gasteiger partial charge in [-0.05, 0) is 0 Å². The normalized spacial score (nSPS) is 10.7. The molecule has 0 saturated heterocycles. The molecule has 0 aliphatic heterocycles. The summed E-state index contributed by atoms with van der Waals surface area (Å²) in [5, 5.41) is 17.7. The molecule has 0 heterocycles. The van der Waals surface area contributed by atoms with Crippen LogP contribution in [0.4, 0.5) is 0 Å². The van der Waals surface area contributed by atoms with Crippen LogP contribution in [0.3, 0.4) is 0 Å². The van der Waals surface area contributed by atoms with E-state index in [1.807, 2.05) is 0 Å². The van der Waals surface area contributed by atoms with E-state index >= 15 is 0 Å². The summed E-state index contributed by atoms with van der Waals surface area (Å²) in [6, 6.07) is 0. The first-order valence-corrected chi connectivity index (χ1v) is 13.6. The second-order valence-electron chi connectivity index (χ2n) is 9.85. The molecular formula is C30H38O17. The minimum atomic E-state index is -1.71. The van der Waals surface area contributed by atoms with Crippen molar-refractivity contribution in [3.05, 3.63) is 50.6 Å². The zero-order chi connectivity index (χ0) is 35.9. The van der Waals surface area contributed by atoms with Gasteiger partial charge in [0.15, 0.2) is 0 Å². The zero-order valence-electron chi connectivity index (χ0n) is 25.6. The van der Waals surface area contributed by atoms with E-state index in [0.717, 1.165) is 24.3 Å². The topological polar surface area (TPSA) is 242 Å². The van der Waals surface area contributed by atoms with Crippen LogP contribution in [-0.2, 0) is 71.5 Å². The highest BCUT2D eigenvalue weighted by atomic mass is 16.6. The monoisotopic (exact) mass is 670 g/mol. The van der Waals surface area contributed by atoms with E-state index in [4.69, 9.17) is 43.4 Å². The maximum atomic E-state index is 12.3. The van der Waals surface area contributed by atoms with Crippen molar-refractivity contribution < 1.29 is 81.7 Å². The van der Waals surface area contributed by atoms with Gasteiger partial charge in [-0.15, -0.1) is 0 Å². The number of carbonyl (C=O) groups excluding carboxylic acids is 6. The lowest BCUT2D eigenvalue weighted by molar-refractivity contribution is -0.173. The second-order valence-corrected chi connectivity index (χ2v) is 9.85. The fraction of sp³-hybridized carbons (Fsp3) is 0.467. The Morgan fingerprint density at radius 3 is 0.915 bits per heavy atom. The Kier molecular flexibility index (Phi) is 19.7. The summed E-state index contributed by atoms with van der Waals surface area (Å²) < 4.78 is 36.8. The maximum absolute atomic E-state index is 12.3. The highest BCUT2D eigenvalue weighted by Crippen LogP contribution is 2.26. The van der Waals surface area contributed by atoms with Crippen molar-refractivity contribution in [2.75, 3.05) is 52.9 Å². The number of esters is 6. The molecule has 0 rings (SSSR count). The highest BCUT2D eigenvalue weighted by Gasteiger charge is 2.40. The molecule has 0 aromatic rings. The van der Waals surface area contributed by atoms with E-state index in [1.54, 1.807) is 0 Å². The van der Waals surface area contributed by atoms with Crippen LogP contribution < -0.4 is 0 Å². The van der Waals surface area contributed by atoms with Gasteiger partial charge in [0.25, 0.3) is 0 Å². The molecule has 0 unspecified atom stereocenters. The summed E-state index contributed by atoms with van der Waals surface area (Å²) in [6.45, 7) is 8.29. The number of carboxylic acids is 2. The molecule has 17 heteroatoms. The van der Waals surface area contributed by atoms with Crippen LogP contribution in [0.5, 0.6) is 0 Å². The van der Waals surface area contributed by atoms with E-state index in [0.29, 0.717) is 0 Å². The number of ether oxygens (including phenoxy) is 7. The van der Waals surface area contributed by atoms with Crippen molar-refractivity contribution in [2.24, 2.45) is 10.8 Å². The SMILES string of the molecule is C=CC(=O)OCC(COCC(COC(=O)C=C)(COC(=O)CCC(=O)O)COC(=O)CCC(=O)O)(COC(=O)C=C)COC(=O)C=C. The van der Waals surface area contributed by atoms with E-state index in [1.165, 1.54) is 0 Å². The van der Waals surface area contributed by atoms with E-state index in [9.17, 15) is 38.4 Å². The Morgan fingerprint density at radius 2 is 0.681 bits per heavy atom. The van der Waals surface area contributed by atoms with Gasteiger partial charge >= 0.3 is 47.8 Å². The Bertz CT molecular complexity index is 1090. The lowest BCUT2D eigenvalue weighted by Gasteiger charge is -2.35. The molecule has 0 atom stereocenters. The summed E-state index contributed by atoms with van der Waals surface area (Å²) in [7, 11) is 0. The number of carbonyl (C=O) groups is 8. The van der Waals surface area contributed by atoms with Crippen LogP contribution >= 0.6 is 0 Å². The molecule has 260 valence electrons. The average molecular weight is 671 g/mol. The second kappa shape index (κ2) is 22.2. The molecule has 2 N–H and O–H groups in total. The molecule has 0 amide bonds. The third-order valence-electron chi connectivity index (χ3n) is 5.73. The van der Waals surface area contributed by atoms with Crippen molar-refractivity contribution in [1.29, 1.82) is 0 Å². The molecule has 0 bridgehead atoms. The van der Waals surface area contributed by atoms with Crippen LogP contribution in [-0.4, -0.2) is 111 Å². The van der Waals surface area contributed by atoms with E-state index < -0.39 is 137 Å². The molecule has 0 aromatic carbocycles. The van der Waals surface area contributed by atoms with Crippen molar-refractivity contribution in [3.8, 4) is 0 Å². The van der Waals surface area contributed by atoms with Crippen molar-refractivity contribution in [2.45, 2.75) is 25.7 Å². The summed E-state index contributed by atoms with van der Waals surface area (Å²) in [5.74, 6) is -8.17. The van der Waals surface area contributed by atoms with E-state index in [2.05, 4.69) is 26.3 Å². The summed E-state index contributed by atoms with van der Waals surface area (Å²) >= 11 is 0. The number of hydrogen-bond acceptors (Lipinski definition) is 15. The third-order valence-corrected chi connectivity index (χ3v) is 5.73. The van der Waals surface area contributed by atoms with Crippen LogP contribution in [0.2, 0.25) is 0 Å². The molecule has 0 saturated carbocycles. The zero-order valence-corrected chi connectivity index (χ0v) is 25.6. The molecule has 0 radical (unpaired) electrons. The maximum Gasteiger partial charge on any atom is 0.330 e. The molecule has 0 aromatic heterocycles. The van der Waals surface area contributed by atoms with Crippen LogP contribution in [0, 0.1) is 10.8 Å². The van der Waals surface area contributed by atoms with Gasteiger partial charge in [-0.2, -0.15) is 0 Å². The van der Waals surface area contributed by atoms with Crippen molar-refractivity contribution in [3.63, 3.8) is 0 Å². The summed E-state index contributed by atoms with van der Waals surface area (Å²) in [5.41, 5.74) is -3.31. The van der Waals surface area contributed by atoms with Gasteiger partial charge in [-0.1, -0.05) is 26.3 Å². The van der Waals surface area contributed by atoms with Gasteiger partial charge in [0.05, 0.1) is 49.7 Å². The standard InChI is InChI=1S/C30H38O17/c1-5-23(35)42-15-29(16-43-24(36)6-2,17-44-25(37)7-3)13-41-14-30(18-45-26(38)8-4,19-46-27(39)11-9-21(31)32)20-47-28(40)12-10-22(33)34/h5-8H,1-4,9-20H2,(H,31,32)(H,33,34). The van der Waals surface area contributed by atoms with Gasteiger partial charge in [-0.3, -0.25) is 19.2 Å². The first-order valence-electron chi connectivity index (χ1n) is 13.6. The van der Waals surface area contributed by atoms with Crippen LogP contribution in [0.25, 0.3) is 0 Å². The predicted octanol–water partition coefficient (Wildman–Crippen LogP) is 0.709. The Morgan fingerprint density at radius 1 is 0.426 bits per heavy atom. The number of hydrogen-bond donors (Lipinski definition) is 2. The Hall–Kier alpha value is -5.32. The summed E-state index contributed by atoms with van der Waals surface area (Å²) in [6.07, 6.45) is 1.10. The van der Waals surface area contributed by atoms with E-state index in [-0.39, 0.29) is 0 Å². The van der Waals surface area contributed by atoms with Gasteiger partial charge < -0.3 is 43.4 Å². The smallest absolute Gasteiger partial charge is 0.330 e. The molecule has 0 fully saturated rings. The minimum Gasteiger partial charge on any atom is -0.481 e. The quantitative estimate of drug-likeness (QED) is 0.0731. The largest absolute Gasteiger partial charge is 0.481 e. The predicted molar refractivity (Wildman–Crippen MR) is 156 cm³/mol. The lowest BCUT2D eigenvalue weighted by Crippen LogP contribution is -2.47. The molecule has 0 aliphatic carbocycles. The van der Waals surface area contributed by atoms with Gasteiger partial charge in [0.1, 0.15) is 39.6 Å². The van der Waals surface area contributed by atoms with Gasteiger partial charge in [0, 0.05) is 24.3 Å². The van der Waals surface area contributed by atoms with Gasteiger partial charge in [-0.25, -0.2) is 19.2 Å². The Labute approximate surface area is 269 Å².